The van der Waals surface area contributed by atoms with Gasteiger partial charge < -0.3 is 15.5 Å². The van der Waals surface area contributed by atoms with Crippen molar-refractivity contribution in [3.8, 4) is 0 Å². The zero-order valence-corrected chi connectivity index (χ0v) is 17.0. The lowest BCUT2D eigenvalue weighted by atomic mass is 10.1. The third kappa shape index (κ3) is 5.99. The highest BCUT2D eigenvalue weighted by molar-refractivity contribution is 5.79. The van der Waals surface area contributed by atoms with E-state index < -0.39 is 0 Å². The Hall–Kier alpha value is -1.59. The van der Waals surface area contributed by atoms with Crippen molar-refractivity contribution >= 4 is 5.96 Å². The average molecular weight is 360 g/mol. The van der Waals surface area contributed by atoms with Crippen LogP contribution in [0.3, 0.4) is 0 Å². The van der Waals surface area contributed by atoms with Crippen molar-refractivity contribution in [3.63, 3.8) is 0 Å². The van der Waals surface area contributed by atoms with Crippen LogP contribution in [0, 0.1) is 5.92 Å². The molecular weight excluding hydrogens is 322 g/mol. The number of rotatable bonds is 9. The topological polar surface area (TPSA) is 42.9 Å². The molecule has 5 nitrogen and oxygen atoms in total. The minimum atomic E-state index is 0.354. The van der Waals surface area contributed by atoms with E-state index in [1.807, 2.05) is 7.05 Å². The quantitative estimate of drug-likeness (QED) is 0.525. The van der Waals surface area contributed by atoms with Crippen molar-refractivity contribution in [2.24, 2.45) is 10.9 Å². The zero-order valence-electron chi connectivity index (χ0n) is 17.0. The second kappa shape index (κ2) is 11.2. The van der Waals surface area contributed by atoms with Crippen molar-refractivity contribution in [2.45, 2.75) is 33.2 Å². The molecule has 0 aliphatic carbocycles. The van der Waals surface area contributed by atoms with E-state index >= 15 is 0 Å². The summed E-state index contributed by atoms with van der Waals surface area (Å²) >= 11 is 0. The van der Waals surface area contributed by atoms with E-state index in [9.17, 15) is 0 Å². The Morgan fingerprint density at radius 3 is 2.50 bits per heavy atom. The predicted molar refractivity (Wildman–Crippen MR) is 112 cm³/mol. The molecule has 2 rings (SSSR count). The molecule has 2 N–H and O–H groups in total. The van der Waals surface area contributed by atoms with Gasteiger partial charge in [-0.15, -0.1) is 0 Å². The summed E-state index contributed by atoms with van der Waals surface area (Å²) in [7, 11) is 1.86. The number of aliphatic imine (C=N–C) groups is 1. The standard InChI is InChI=1S/C21H37N5/c1-5-25-14-13-18(17-25)15-23-21(22-4)24-16-20(26(6-2)7-3)19-11-9-8-10-12-19/h8-12,18,20H,5-7,13-17H2,1-4H3,(H2,22,23,24). The van der Waals surface area contributed by atoms with E-state index in [2.05, 4.69) is 76.5 Å². The van der Waals surface area contributed by atoms with Gasteiger partial charge in [0.2, 0.25) is 0 Å². The summed E-state index contributed by atoms with van der Waals surface area (Å²) in [6.07, 6.45) is 1.28. The Balaban J connectivity index is 1.89. The smallest absolute Gasteiger partial charge is 0.191 e. The van der Waals surface area contributed by atoms with Gasteiger partial charge in [0, 0.05) is 26.7 Å². The molecule has 0 aromatic heterocycles. The van der Waals surface area contributed by atoms with Crippen LogP contribution >= 0.6 is 0 Å². The number of nitrogens with one attached hydrogen (secondary N) is 2. The summed E-state index contributed by atoms with van der Waals surface area (Å²) < 4.78 is 0. The van der Waals surface area contributed by atoms with E-state index in [1.165, 1.54) is 25.1 Å². The Morgan fingerprint density at radius 1 is 1.19 bits per heavy atom. The van der Waals surface area contributed by atoms with Crippen molar-refractivity contribution in [2.75, 3.05) is 52.9 Å². The fourth-order valence-electron chi connectivity index (χ4n) is 3.82. The van der Waals surface area contributed by atoms with Gasteiger partial charge >= 0.3 is 0 Å². The van der Waals surface area contributed by atoms with Gasteiger partial charge in [-0.2, -0.15) is 0 Å². The van der Waals surface area contributed by atoms with Crippen LogP contribution in [0.5, 0.6) is 0 Å². The number of likely N-dealkylation sites (tertiary alicyclic amines) is 1. The van der Waals surface area contributed by atoms with Crippen LogP contribution in [0.15, 0.2) is 35.3 Å². The minimum absolute atomic E-state index is 0.354. The van der Waals surface area contributed by atoms with Crippen molar-refractivity contribution < 1.29 is 0 Å². The van der Waals surface area contributed by atoms with Gasteiger partial charge in [0.25, 0.3) is 0 Å². The molecule has 1 aromatic rings. The first-order chi connectivity index (χ1) is 12.7. The number of guanidine groups is 1. The van der Waals surface area contributed by atoms with Crippen LogP contribution in [0.25, 0.3) is 0 Å². The Morgan fingerprint density at radius 2 is 1.92 bits per heavy atom. The van der Waals surface area contributed by atoms with Crippen LogP contribution in [0.1, 0.15) is 38.8 Å². The lowest BCUT2D eigenvalue weighted by Gasteiger charge is -2.31. The number of nitrogens with zero attached hydrogens (tertiary/aromatic N) is 3. The first-order valence-electron chi connectivity index (χ1n) is 10.2. The Labute approximate surface area is 159 Å². The molecule has 1 aromatic carbocycles. The molecule has 0 saturated carbocycles. The number of likely N-dealkylation sites (N-methyl/N-ethyl adjacent to an activating group) is 1. The molecule has 0 radical (unpaired) electrons. The van der Waals surface area contributed by atoms with Crippen molar-refractivity contribution in [1.29, 1.82) is 0 Å². The summed E-state index contributed by atoms with van der Waals surface area (Å²) in [5.41, 5.74) is 1.36. The zero-order chi connectivity index (χ0) is 18.8. The molecule has 1 fully saturated rings. The summed E-state index contributed by atoms with van der Waals surface area (Å²) in [6.45, 7) is 14.2. The number of benzene rings is 1. The second-order valence-corrected chi connectivity index (χ2v) is 7.03. The van der Waals surface area contributed by atoms with Crippen LogP contribution in [0.4, 0.5) is 0 Å². The average Bonchev–Trinajstić information content (AvgIpc) is 3.16. The highest BCUT2D eigenvalue weighted by Gasteiger charge is 2.22. The van der Waals surface area contributed by atoms with Crippen LogP contribution in [0.2, 0.25) is 0 Å². The molecule has 0 bridgehead atoms. The predicted octanol–water partition coefficient (Wildman–Crippen LogP) is 2.58. The lowest BCUT2D eigenvalue weighted by Crippen LogP contribution is -2.44. The normalized spacial score (nSPS) is 19.7. The number of hydrogen-bond acceptors (Lipinski definition) is 3. The molecule has 2 unspecified atom stereocenters. The first-order valence-corrected chi connectivity index (χ1v) is 10.2. The Bertz CT molecular complexity index is 526. The van der Waals surface area contributed by atoms with Crippen LogP contribution < -0.4 is 10.6 Å². The van der Waals surface area contributed by atoms with E-state index in [4.69, 9.17) is 0 Å². The van der Waals surface area contributed by atoms with Crippen LogP contribution in [-0.2, 0) is 0 Å². The lowest BCUT2D eigenvalue weighted by molar-refractivity contribution is 0.219. The summed E-state index contributed by atoms with van der Waals surface area (Å²) in [5.74, 6) is 1.63. The molecule has 5 heteroatoms. The van der Waals surface area contributed by atoms with Crippen molar-refractivity contribution in [1.82, 2.24) is 20.4 Å². The van der Waals surface area contributed by atoms with Gasteiger partial charge in [-0.05, 0) is 44.1 Å². The van der Waals surface area contributed by atoms with Gasteiger partial charge in [0.15, 0.2) is 5.96 Å². The molecule has 1 heterocycles. The van der Waals surface area contributed by atoms with Crippen molar-refractivity contribution in [3.05, 3.63) is 35.9 Å². The maximum atomic E-state index is 4.43. The fourth-order valence-corrected chi connectivity index (χ4v) is 3.82. The highest BCUT2D eigenvalue weighted by atomic mass is 15.2. The minimum Gasteiger partial charge on any atom is -0.356 e. The summed E-state index contributed by atoms with van der Waals surface area (Å²) in [6, 6.07) is 11.1. The molecule has 0 amide bonds. The molecule has 1 aliphatic heterocycles. The van der Waals surface area contributed by atoms with E-state index in [0.717, 1.165) is 44.6 Å². The van der Waals surface area contributed by atoms with E-state index in [1.54, 1.807) is 0 Å². The summed E-state index contributed by atoms with van der Waals surface area (Å²) in [5, 5.41) is 7.08. The van der Waals surface area contributed by atoms with Crippen LogP contribution in [-0.4, -0.2) is 68.6 Å². The van der Waals surface area contributed by atoms with Gasteiger partial charge in [-0.1, -0.05) is 51.1 Å². The molecule has 2 atom stereocenters. The summed E-state index contributed by atoms with van der Waals surface area (Å²) in [4.78, 5) is 9.44. The van der Waals surface area contributed by atoms with E-state index in [0.29, 0.717) is 6.04 Å². The monoisotopic (exact) mass is 359 g/mol. The third-order valence-corrected chi connectivity index (χ3v) is 5.50. The Kier molecular flexibility index (Phi) is 8.92. The SMILES string of the molecule is CCN1CCC(CNC(=NC)NCC(c2ccccc2)N(CC)CC)C1. The highest BCUT2D eigenvalue weighted by Crippen LogP contribution is 2.19. The third-order valence-electron chi connectivity index (χ3n) is 5.50. The van der Waals surface area contributed by atoms with Gasteiger partial charge in [0.05, 0.1) is 6.04 Å². The maximum Gasteiger partial charge on any atom is 0.191 e. The van der Waals surface area contributed by atoms with E-state index in [-0.39, 0.29) is 0 Å². The first kappa shape index (κ1) is 20.7. The molecular formula is C21H37N5. The molecule has 26 heavy (non-hydrogen) atoms. The molecule has 1 aliphatic rings. The fraction of sp³-hybridized carbons (Fsp3) is 0.667. The maximum absolute atomic E-state index is 4.43. The number of hydrogen-bond donors (Lipinski definition) is 2. The van der Waals surface area contributed by atoms with Gasteiger partial charge in [-0.3, -0.25) is 9.89 Å². The largest absolute Gasteiger partial charge is 0.356 e. The molecule has 146 valence electrons. The van der Waals surface area contributed by atoms with Gasteiger partial charge in [0.1, 0.15) is 0 Å². The second-order valence-electron chi connectivity index (χ2n) is 7.03. The molecule has 1 saturated heterocycles. The molecule has 0 spiro atoms. The van der Waals surface area contributed by atoms with Gasteiger partial charge in [-0.25, -0.2) is 0 Å².